The first-order valence-corrected chi connectivity index (χ1v) is 7.63. The Hall–Kier alpha value is -0.770. The third-order valence-corrected chi connectivity index (χ3v) is 3.88. The van der Waals surface area contributed by atoms with Crippen LogP contribution in [0.3, 0.4) is 0 Å². The Morgan fingerprint density at radius 2 is 1.76 bits per heavy atom. The summed E-state index contributed by atoms with van der Waals surface area (Å²) in [5, 5.41) is 10.1. The molecule has 1 fully saturated rings. The molecular weight excluding hydrogens is 286 g/mol. The molecule has 0 spiro atoms. The molecule has 3 nitrogen and oxygen atoms in total. The number of aliphatic hydroxyl groups excluding tert-OH is 1. The first-order chi connectivity index (χ1) is 9.52. The summed E-state index contributed by atoms with van der Waals surface area (Å²) in [4.78, 5) is 2.36. The molecule has 0 amide bonds. The first kappa shape index (κ1) is 18.3. The zero-order chi connectivity index (χ0) is 14.5. The van der Waals surface area contributed by atoms with Crippen molar-refractivity contribution in [2.45, 2.75) is 33.3 Å². The van der Waals surface area contributed by atoms with E-state index in [2.05, 4.69) is 25.7 Å². The highest BCUT2D eigenvalue weighted by atomic mass is 35.5. The summed E-state index contributed by atoms with van der Waals surface area (Å²) in [5.41, 5.74) is 1.22. The standard InChI is InChI=1S/C17H27NO2.ClH/c1-13-4-6-17(7-5-13)20-12-16(19)11-18-9-14(2)8-15(3)10-18;/h4-7,14-16,19H,8-12H2,1-3H3;1H. The van der Waals surface area contributed by atoms with Gasteiger partial charge in [0.1, 0.15) is 18.5 Å². The van der Waals surface area contributed by atoms with E-state index in [9.17, 15) is 5.11 Å². The Balaban J connectivity index is 0.00000220. The maximum Gasteiger partial charge on any atom is 0.119 e. The molecule has 21 heavy (non-hydrogen) atoms. The van der Waals surface area contributed by atoms with Crippen LogP contribution in [0.15, 0.2) is 24.3 Å². The number of likely N-dealkylation sites (tertiary alicyclic amines) is 1. The lowest BCUT2D eigenvalue weighted by atomic mass is 9.92. The van der Waals surface area contributed by atoms with E-state index in [1.807, 2.05) is 24.3 Å². The number of halogens is 1. The van der Waals surface area contributed by atoms with E-state index in [4.69, 9.17) is 4.74 Å². The summed E-state index contributed by atoms with van der Waals surface area (Å²) >= 11 is 0. The van der Waals surface area contributed by atoms with Gasteiger partial charge in [0.05, 0.1) is 0 Å². The Kier molecular flexibility index (Phi) is 7.50. The number of benzene rings is 1. The van der Waals surface area contributed by atoms with E-state index >= 15 is 0 Å². The van der Waals surface area contributed by atoms with E-state index < -0.39 is 6.10 Å². The molecule has 0 saturated carbocycles. The van der Waals surface area contributed by atoms with Gasteiger partial charge in [-0.3, -0.25) is 0 Å². The number of rotatable bonds is 5. The molecule has 0 aromatic heterocycles. The summed E-state index contributed by atoms with van der Waals surface area (Å²) in [6, 6.07) is 7.95. The van der Waals surface area contributed by atoms with Crippen LogP contribution in [0.2, 0.25) is 0 Å². The van der Waals surface area contributed by atoms with Crippen molar-refractivity contribution in [1.29, 1.82) is 0 Å². The summed E-state index contributed by atoms with van der Waals surface area (Å²) in [6.07, 6.45) is 0.876. The van der Waals surface area contributed by atoms with Gasteiger partial charge in [-0.15, -0.1) is 12.4 Å². The van der Waals surface area contributed by atoms with Crippen molar-refractivity contribution in [3.63, 3.8) is 0 Å². The summed E-state index contributed by atoms with van der Waals surface area (Å²) in [5.74, 6) is 2.28. The van der Waals surface area contributed by atoms with Gasteiger partial charge in [0.15, 0.2) is 0 Å². The molecule has 1 heterocycles. The van der Waals surface area contributed by atoms with Gasteiger partial charge in [0.25, 0.3) is 0 Å². The van der Waals surface area contributed by atoms with Crippen molar-refractivity contribution in [2.24, 2.45) is 11.8 Å². The molecule has 120 valence electrons. The van der Waals surface area contributed by atoms with Gasteiger partial charge in [0.2, 0.25) is 0 Å². The van der Waals surface area contributed by atoms with Crippen molar-refractivity contribution >= 4 is 12.4 Å². The Labute approximate surface area is 134 Å². The normalized spacial score (nSPS) is 24.2. The maximum atomic E-state index is 10.1. The van der Waals surface area contributed by atoms with Gasteiger partial charge in [-0.25, -0.2) is 0 Å². The highest BCUT2D eigenvalue weighted by Gasteiger charge is 2.23. The highest BCUT2D eigenvalue weighted by molar-refractivity contribution is 5.85. The SMILES string of the molecule is Cc1ccc(OCC(O)CN2CC(C)CC(C)C2)cc1.Cl. The molecule has 1 aliphatic rings. The second-order valence-corrected chi connectivity index (χ2v) is 6.44. The molecule has 3 unspecified atom stereocenters. The van der Waals surface area contributed by atoms with Gasteiger partial charge >= 0.3 is 0 Å². The number of ether oxygens (including phenoxy) is 1. The van der Waals surface area contributed by atoms with Gasteiger partial charge < -0.3 is 14.7 Å². The molecule has 0 radical (unpaired) electrons. The minimum Gasteiger partial charge on any atom is -0.491 e. The number of β-amino-alcohol motifs (C(OH)–C–C–N with tert-alkyl or cyclic N) is 1. The molecule has 3 atom stereocenters. The van der Waals surface area contributed by atoms with Crippen molar-refractivity contribution in [1.82, 2.24) is 4.90 Å². The van der Waals surface area contributed by atoms with E-state index in [1.54, 1.807) is 0 Å². The van der Waals surface area contributed by atoms with Crippen molar-refractivity contribution in [3.05, 3.63) is 29.8 Å². The van der Waals surface area contributed by atoms with Crippen LogP contribution in [0.4, 0.5) is 0 Å². The van der Waals surface area contributed by atoms with Crippen LogP contribution in [0.25, 0.3) is 0 Å². The molecule has 1 aromatic carbocycles. The number of nitrogens with zero attached hydrogens (tertiary/aromatic N) is 1. The smallest absolute Gasteiger partial charge is 0.119 e. The molecule has 1 aromatic rings. The first-order valence-electron chi connectivity index (χ1n) is 7.63. The van der Waals surface area contributed by atoms with Gasteiger partial charge in [-0.05, 0) is 37.3 Å². The third kappa shape index (κ3) is 6.25. The highest BCUT2D eigenvalue weighted by Crippen LogP contribution is 2.21. The summed E-state index contributed by atoms with van der Waals surface area (Å²) in [7, 11) is 0. The second kappa shape index (κ2) is 8.62. The van der Waals surface area contributed by atoms with Crippen LogP contribution in [0.5, 0.6) is 5.75 Å². The van der Waals surface area contributed by atoms with Gasteiger partial charge in [-0.2, -0.15) is 0 Å². The largest absolute Gasteiger partial charge is 0.491 e. The molecule has 4 heteroatoms. The zero-order valence-corrected chi connectivity index (χ0v) is 14.1. The van der Waals surface area contributed by atoms with Gasteiger partial charge in [-0.1, -0.05) is 31.5 Å². The van der Waals surface area contributed by atoms with Crippen molar-refractivity contribution in [3.8, 4) is 5.75 Å². The molecular formula is C17H28ClNO2. The Morgan fingerprint density at radius 3 is 2.33 bits per heavy atom. The average Bonchev–Trinajstić information content (AvgIpc) is 2.37. The summed E-state index contributed by atoms with van der Waals surface area (Å²) in [6.45, 7) is 9.88. The minimum atomic E-state index is -0.422. The Morgan fingerprint density at radius 1 is 1.19 bits per heavy atom. The fourth-order valence-corrected chi connectivity index (χ4v) is 3.12. The molecule has 1 aliphatic heterocycles. The molecule has 0 aliphatic carbocycles. The van der Waals surface area contributed by atoms with Crippen molar-refractivity contribution < 1.29 is 9.84 Å². The minimum absolute atomic E-state index is 0. The maximum absolute atomic E-state index is 10.1. The molecule has 2 rings (SSSR count). The Bertz CT molecular complexity index is 400. The number of aryl methyl sites for hydroxylation is 1. The van der Waals surface area contributed by atoms with E-state index in [-0.39, 0.29) is 12.4 Å². The van der Waals surface area contributed by atoms with Crippen LogP contribution in [0.1, 0.15) is 25.8 Å². The zero-order valence-electron chi connectivity index (χ0n) is 13.3. The lowest BCUT2D eigenvalue weighted by Crippen LogP contribution is -2.43. The number of piperidine rings is 1. The predicted molar refractivity (Wildman–Crippen MR) is 89.3 cm³/mol. The lowest BCUT2D eigenvalue weighted by Gasteiger charge is -2.35. The predicted octanol–water partition coefficient (Wildman–Crippen LogP) is 3.13. The molecule has 1 saturated heterocycles. The van der Waals surface area contributed by atoms with E-state index in [0.29, 0.717) is 13.2 Å². The third-order valence-electron chi connectivity index (χ3n) is 3.88. The van der Waals surface area contributed by atoms with Crippen LogP contribution in [0, 0.1) is 18.8 Å². The fraction of sp³-hybridized carbons (Fsp3) is 0.647. The topological polar surface area (TPSA) is 32.7 Å². The molecule has 1 N–H and O–H groups in total. The van der Waals surface area contributed by atoms with Crippen molar-refractivity contribution in [2.75, 3.05) is 26.2 Å². The second-order valence-electron chi connectivity index (χ2n) is 6.44. The van der Waals surface area contributed by atoms with E-state index in [1.165, 1.54) is 12.0 Å². The number of aliphatic hydroxyl groups is 1. The van der Waals surface area contributed by atoms with Crippen LogP contribution in [-0.4, -0.2) is 42.4 Å². The molecule has 0 bridgehead atoms. The van der Waals surface area contributed by atoms with Crippen LogP contribution >= 0.6 is 12.4 Å². The van der Waals surface area contributed by atoms with Crippen LogP contribution < -0.4 is 4.74 Å². The van der Waals surface area contributed by atoms with Gasteiger partial charge in [0, 0.05) is 19.6 Å². The average molecular weight is 314 g/mol. The fourth-order valence-electron chi connectivity index (χ4n) is 3.12. The van der Waals surface area contributed by atoms with E-state index in [0.717, 1.165) is 30.7 Å². The monoisotopic (exact) mass is 313 g/mol. The quantitative estimate of drug-likeness (QED) is 0.906. The van der Waals surface area contributed by atoms with Crippen LogP contribution in [-0.2, 0) is 0 Å². The number of hydrogen-bond donors (Lipinski definition) is 1. The summed E-state index contributed by atoms with van der Waals surface area (Å²) < 4.78 is 5.64. The number of hydrogen-bond acceptors (Lipinski definition) is 3. The lowest BCUT2D eigenvalue weighted by molar-refractivity contribution is 0.0429.